The number of hydrogen-bond donors (Lipinski definition) is 1. The zero-order chi connectivity index (χ0) is 14.6. The van der Waals surface area contributed by atoms with Crippen molar-refractivity contribution in [1.29, 1.82) is 0 Å². The highest BCUT2D eigenvalue weighted by atomic mass is 19.4. The summed E-state index contributed by atoms with van der Waals surface area (Å²) in [5, 5.41) is 2.74. The van der Waals surface area contributed by atoms with E-state index < -0.39 is 11.9 Å². The maximum Gasteiger partial charge on any atom is 0.433 e. The first-order valence-electron chi connectivity index (χ1n) is 5.74. The van der Waals surface area contributed by atoms with E-state index in [9.17, 15) is 13.2 Å². The van der Waals surface area contributed by atoms with Gasteiger partial charge in [0.2, 0.25) is 5.95 Å². The average Bonchev–Trinajstić information content (AvgIpc) is 2.39. The predicted octanol–water partition coefficient (Wildman–Crippen LogP) is 3.39. The van der Waals surface area contributed by atoms with Crippen LogP contribution in [0.25, 0.3) is 0 Å². The van der Waals surface area contributed by atoms with Crippen molar-refractivity contribution >= 4 is 11.6 Å². The molecule has 0 saturated heterocycles. The van der Waals surface area contributed by atoms with Crippen LogP contribution in [0.4, 0.5) is 24.8 Å². The van der Waals surface area contributed by atoms with Gasteiger partial charge in [-0.3, -0.25) is 0 Å². The Bertz CT molecular complexity index is 587. The second-order valence-electron chi connectivity index (χ2n) is 4.02. The van der Waals surface area contributed by atoms with E-state index in [0.717, 1.165) is 17.8 Å². The largest absolute Gasteiger partial charge is 0.433 e. The number of alkyl halides is 3. The third-order valence-electron chi connectivity index (χ3n) is 2.44. The van der Waals surface area contributed by atoms with E-state index in [0.29, 0.717) is 12.3 Å². The smallest absolute Gasteiger partial charge is 0.380 e. The van der Waals surface area contributed by atoms with Gasteiger partial charge in [0.15, 0.2) is 0 Å². The fraction of sp³-hybridized carbons (Fsp3) is 0.231. The minimum Gasteiger partial charge on any atom is -0.380 e. The lowest BCUT2D eigenvalue weighted by Crippen LogP contribution is -2.10. The molecule has 0 amide bonds. The topological polar surface area (TPSA) is 47.0 Å². The van der Waals surface area contributed by atoms with Crippen LogP contribution in [0, 0.1) is 0 Å². The van der Waals surface area contributed by atoms with E-state index in [4.69, 9.17) is 4.74 Å². The van der Waals surface area contributed by atoms with Crippen LogP contribution in [0.1, 0.15) is 11.3 Å². The van der Waals surface area contributed by atoms with Crippen LogP contribution >= 0.6 is 0 Å². The van der Waals surface area contributed by atoms with Gasteiger partial charge in [0.1, 0.15) is 5.69 Å². The van der Waals surface area contributed by atoms with Gasteiger partial charge < -0.3 is 10.1 Å². The molecule has 1 heterocycles. The summed E-state index contributed by atoms with van der Waals surface area (Å²) in [7, 11) is 1.57. The number of rotatable bonds is 4. The summed E-state index contributed by atoms with van der Waals surface area (Å²) in [5.41, 5.74) is 0.506. The maximum atomic E-state index is 12.5. The Kier molecular flexibility index (Phi) is 4.19. The zero-order valence-electron chi connectivity index (χ0n) is 10.6. The molecule has 1 N–H and O–H groups in total. The van der Waals surface area contributed by atoms with Crippen molar-refractivity contribution in [2.75, 3.05) is 12.4 Å². The molecule has 2 aromatic rings. The number of halogens is 3. The highest BCUT2D eigenvalue weighted by molar-refractivity contribution is 5.54. The van der Waals surface area contributed by atoms with Crippen LogP contribution in [0.3, 0.4) is 0 Å². The van der Waals surface area contributed by atoms with Crippen LogP contribution < -0.4 is 5.32 Å². The summed E-state index contributed by atoms with van der Waals surface area (Å²) < 4.78 is 42.6. The van der Waals surface area contributed by atoms with Gasteiger partial charge in [-0.25, -0.2) is 9.97 Å². The first kappa shape index (κ1) is 14.3. The molecule has 7 heteroatoms. The van der Waals surface area contributed by atoms with E-state index in [-0.39, 0.29) is 5.95 Å². The van der Waals surface area contributed by atoms with Crippen molar-refractivity contribution in [3.05, 3.63) is 47.8 Å². The van der Waals surface area contributed by atoms with Gasteiger partial charge >= 0.3 is 6.18 Å². The van der Waals surface area contributed by atoms with Crippen molar-refractivity contribution in [2.24, 2.45) is 0 Å². The lowest BCUT2D eigenvalue weighted by molar-refractivity contribution is -0.141. The van der Waals surface area contributed by atoms with Crippen LogP contribution in [0.15, 0.2) is 36.5 Å². The lowest BCUT2D eigenvalue weighted by atomic mass is 10.2. The lowest BCUT2D eigenvalue weighted by Gasteiger charge is -2.09. The molecular formula is C13H12F3N3O. The van der Waals surface area contributed by atoms with Gasteiger partial charge in [-0.2, -0.15) is 13.2 Å². The van der Waals surface area contributed by atoms with Gasteiger partial charge in [-0.05, 0) is 23.8 Å². The standard InChI is InChI=1S/C13H12F3N3O/c1-20-8-9-3-2-4-10(7-9)18-12-17-6-5-11(19-12)13(14,15)16/h2-7H,8H2,1H3,(H,17,18,19). The van der Waals surface area contributed by atoms with Crippen LogP contribution in [0.5, 0.6) is 0 Å². The number of hydrogen-bond acceptors (Lipinski definition) is 4. The number of methoxy groups -OCH3 is 1. The van der Waals surface area contributed by atoms with E-state index in [2.05, 4.69) is 15.3 Å². The highest BCUT2D eigenvalue weighted by Crippen LogP contribution is 2.28. The zero-order valence-corrected chi connectivity index (χ0v) is 10.6. The van der Waals surface area contributed by atoms with Gasteiger partial charge in [-0.1, -0.05) is 12.1 Å². The Morgan fingerprint density at radius 2 is 2.05 bits per heavy atom. The summed E-state index contributed by atoms with van der Waals surface area (Å²) in [6.45, 7) is 0.416. The number of aromatic nitrogens is 2. The fourth-order valence-corrected chi connectivity index (χ4v) is 1.61. The average molecular weight is 283 g/mol. The first-order valence-corrected chi connectivity index (χ1v) is 5.74. The molecule has 0 bridgehead atoms. The van der Waals surface area contributed by atoms with Crippen molar-refractivity contribution in [1.82, 2.24) is 9.97 Å². The van der Waals surface area contributed by atoms with Gasteiger partial charge in [0.25, 0.3) is 0 Å². The molecule has 0 atom stereocenters. The predicted molar refractivity (Wildman–Crippen MR) is 67.5 cm³/mol. The second kappa shape index (κ2) is 5.87. The van der Waals surface area contributed by atoms with E-state index in [1.807, 2.05) is 6.07 Å². The molecule has 20 heavy (non-hydrogen) atoms. The highest BCUT2D eigenvalue weighted by Gasteiger charge is 2.32. The number of anilines is 2. The summed E-state index contributed by atoms with van der Waals surface area (Å²) in [6.07, 6.45) is -3.42. The molecule has 1 aromatic carbocycles. The van der Waals surface area contributed by atoms with E-state index >= 15 is 0 Å². The second-order valence-corrected chi connectivity index (χ2v) is 4.02. The molecule has 0 aliphatic carbocycles. The minimum atomic E-state index is -4.49. The minimum absolute atomic E-state index is 0.102. The van der Waals surface area contributed by atoms with Crippen molar-refractivity contribution in [2.45, 2.75) is 12.8 Å². The van der Waals surface area contributed by atoms with Crippen LogP contribution in [-0.4, -0.2) is 17.1 Å². The molecule has 0 aliphatic rings. The molecule has 0 unspecified atom stereocenters. The SMILES string of the molecule is COCc1cccc(Nc2nccc(C(F)(F)F)n2)c1. The Labute approximate surface area is 113 Å². The third-order valence-corrected chi connectivity index (χ3v) is 2.44. The number of benzene rings is 1. The quantitative estimate of drug-likeness (QED) is 0.934. The molecule has 4 nitrogen and oxygen atoms in total. The summed E-state index contributed by atoms with van der Waals surface area (Å²) in [6, 6.07) is 7.91. The summed E-state index contributed by atoms with van der Waals surface area (Å²) in [4.78, 5) is 7.21. The van der Waals surface area contributed by atoms with Crippen LogP contribution in [-0.2, 0) is 17.5 Å². The molecular weight excluding hydrogens is 271 g/mol. The van der Waals surface area contributed by atoms with Gasteiger partial charge in [0, 0.05) is 19.0 Å². The van der Waals surface area contributed by atoms with Crippen molar-refractivity contribution < 1.29 is 17.9 Å². The molecule has 0 spiro atoms. The molecule has 1 aromatic heterocycles. The maximum absolute atomic E-state index is 12.5. The van der Waals surface area contributed by atoms with E-state index in [1.165, 1.54) is 0 Å². The van der Waals surface area contributed by atoms with Crippen molar-refractivity contribution in [3.8, 4) is 0 Å². The first-order chi connectivity index (χ1) is 9.49. The van der Waals surface area contributed by atoms with Gasteiger partial charge in [0.05, 0.1) is 6.61 Å². The van der Waals surface area contributed by atoms with Crippen LogP contribution in [0.2, 0.25) is 0 Å². The Morgan fingerprint density at radius 3 is 2.75 bits per heavy atom. The molecule has 0 fully saturated rings. The Hall–Kier alpha value is -2.15. The molecule has 2 rings (SSSR count). The Balaban J connectivity index is 2.19. The third kappa shape index (κ3) is 3.67. The number of nitrogens with one attached hydrogen (secondary N) is 1. The normalized spacial score (nSPS) is 11.4. The monoisotopic (exact) mass is 283 g/mol. The molecule has 0 aliphatic heterocycles. The fourth-order valence-electron chi connectivity index (χ4n) is 1.61. The Morgan fingerprint density at radius 1 is 1.25 bits per heavy atom. The van der Waals surface area contributed by atoms with Crippen molar-refractivity contribution in [3.63, 3.8) is 0 Å². The molecule has 0 radical (unpaired) electrons. The number of ether oxygens (including phenoxy) is 1. The van der Waals surface area contributed by atoms with E-state index in [1.54, 1.807) is 25.3 Å². The summed E-state index contributed by atoms with van der Waals surface area (Å²) in [5.74, 6) is -0.102. The molecule has 0 saturated carbocycles. The number of nitrogens with zero attached hydrogens (tertiary/aromatic N) is 2. The molecule has 106 valence electrons. The van der Waals surface area contributed by atoms with Gasteiger partial charge in [-0.15, -0.1) is 0 Å². The summed E-state index contributed by atoms with van der Waals surface area (Å²) >= 11 is 0.